The fourth-order valence-electron chi connectivity index (χ4n) is 5.06. The number of benzene rings is 1. The Morgan fingerprint density at radius 1 is 1.07 bits per heavy atom. The maximum atomic E-state index is 13.4. The SMILES string of the molecule is CC[C@H](C)[C@H](NC(=O)[C@H]1CCCN1)C(=O)N[C@H](CC(=O)c1nc(C(=O)N[C@H](CCC(=O)O)Cc2ccccc2)cs1)C(C)C. The van der Waals surface area contributed by atoms with Crippen LogP contribution in [0.4, 0.5) is 0 Å². The molecule has 2 heterocycles. The van der Waals surface area contributed by atoms with Gasteiger partial charge in [-0.3, -0.25) is 24.0 Å². The lowest BCUT2D eigenvalue weighted by Crippen LogP contribution is -2.56. The van der Waals surface area contributed by atoms with Gasteiger partial charge in [-0.15, -0.1) is 11.3 Å². The molecular formula is C32H45N5O6S. The molecule has 44 heavy (non-hydrogen) atoms. The number of ketones is 1. The third kappa shape index (κ3) is 10.5. The van der Waals surface area contributed by atoms with Crippen LogP contribution in [0.25, 0.3) is 0 Å². The van der Waals surface area contributed by atoms with Crippen molar-refractivity contribution in [2.24, 2.45) is 11.8 Å². The molecular weight excluding hydrogens is 582 g/mol. The van der Waals surface area contributed by atoms with Gasteiger partial charge in [0.15, 0.2) is 10.8 Å². The molecule has 1 aliphatic heterocycles. The van der Waals surface area contributed by atoms with Gasteiger partial charge in [-0.05, 0) is 49.6 Å². The van der Waals surface area contributed by atoms with Crippen molar-refractivity contribution in [1.82, 2.24) is 26.3 Å². The Hall–Kier alpha value is -3.64. The van der Waals surface area contributed by atoms with Crippen LogP contribution in [0.3, 0.4) is 0 Å². The van der Waals surface area contributed by atoms with E-state index in [-0.39, 0.29) is 65.4 Å². The van der Waals surface area contributed by atoms with E-state index in [0.717, 1.165) is 36.3 Å². The zero-order valence-electron chi connectivity index (χ0n) is 25.9. The summed E-state index contributed by atoms with van der Waals surface area (Å²) in [6.45, 7) is 8.45. The van der Waals surface area contributed by atoms with Crippen molar-refractivity contribution in [2.45, 2.75) is 96.8 Å². The highest BCUT2D eigenvalue weighted by Gasteiger charge is 2.32. The minimum Gasteiger partial charge on any atom is -0.481 e. The summed E-state index contributed by atoms with van der Waals surface area (Å²) in [4.78, 5) is 67.9. The van der Waals surface area contributed by atoms with Crippen LogP contribution in [-0.4, -0.2) is 70.3 Å². The lowest BCUT2D eigenvalue weighted by atomic mass is 9.94. The van der Waals surface area contributed by atoms with Crippen molar-refractivity contribution in [2.75, 3.05) is 6.54 Å². The van der Waals surface area contributed by atoms with Crippen LogP contribution in [0.1, 0.15) is 92.1 Å². The monoisotopic (exact) mass is 627 g/mol. The molecule has 2 aromatic rings. The van der Waals surface area contributed by atoms with Crippen molar-refractivity contribution in [3.05, 3.63) is 52.0 Å². The van der Waals surface area contributed by atoms with Crippen molar-refractivity contribution in [3.8, 4) is 0 Å². The molecule has 12 heteroatoms. The fourth-order valence-corrected chi connectivity index (χ4v) is 5.81. The van der Waals surface area contributed by atoms with Crippen molar-refractivity contribution in [3.63, 3.8) is 0 Å². The van der Waals surface area contributed by atoms with E-state index in [0.29, 0.717) is 12.8 Å². The number of nitrogens with zero attached hydrogens (tertiary/aromatic N) is 1. The van der Waals surface area contributed by atoms with Gasteiger partial charge in [-0.2, -0.15) is 0 Å². The second-order valence-electron chi connectivity index (χ2n) is 11.8. The predicted octanol–water partition coefficient (Wildman–Crippen LogP) is 3.35. The molecule has 0 bridgehead atoms. The number of carbonyl (C=O) groups is 5. The molecule has 5 N–H and O–H groups in total. The number of hydrogen-bond acceptors (Lipinski definition) is 8. The van der Waals surface area contributed by atoms with E-state index < -0.39 is 30.0 Å². The maximum absolute atomic E-state index is 13.4. The number of hydrogen-bond donors (Lipinski definition) is 5. The third-order valence-corrected chi connectivity index (χ3v) is 8.93. The predicted molar refractivity (Wildman–Crippen MR) is 169 cm³/mol. The standard InChI is InChI=1S/C32H45N5O6S/c1-5-20(4)28(37-29(41)23-12-9-15-33-23)31(43)35-24(19(2)3)17-26(38)32-36-25(18-44-32)30(42)34-22(13-14-27(39)40)16-21-10-7-6-8-11-21/h6-8,10-11,18-20,22-24,28,33H,5,9,12-17H2,1-4H3,(H,34,42)(H,35,43)(H,37,41)(H,39,40)/t20-,22+,23+,24+,28-/m0/s1. The number of aliphatic carboxylic acids is 1. The molecule has 1 aliphatic rings. The molecule has 0 unspecified atom stereocenters. The van der Waals surface area contributed by atoms with E-state index in [1.807, 2.05) is 58.0 Å². The van der Waals surface area contributed by atoms with E-state index in [1.54, 1.807) is 0 Å². The van der Waals surface area contributed by atoms with Gasteiger partial charge in [0.2, 0.25) is 11.8 Å². The topological polar surface area (TPSA) is 167 Å². The Bertz CT molecular complexity index is 1280. The summed E-state index contributed by atoms with van der Waals surface area (Å²) in [6, 6.07) is 7.50. The number of rotatable bonds is 17. The van der Waals surface area contributed by atoms with Crippen molar-refractivity contribution in [1.29, 1.82) is 0 Å². The number of Topliss-reactive ketones (excluding diaryl/α,β-unsaturated/α-hetero) is 1. The van der Waals surface area contributed by atoms with Gasteiger partial charge in [0.25, 0.3) is 5.91 Å². The maximum Gasteiger partial charge on any atom is 0.303 e. The molecule has 240 valence electrons. The zero-order valence-corrected chi connectivity index (χ0v) is 26.7. The first kappa shape index (κ1) is 34.8. The first-order valence-electron chi connectivity index (χ1n) is 15.4. The van der Waals surface area contributed by atoms with Crippen LogP contribution in [0.15, 0.2) is 35.7 Å². The molecule has 11 nitrogen and oxygen atoms in total. The van der Waals surface area contributed by atoms with E-state index >= 15 is 0 Å². The number of aromatic nitrogens is 1. The minimum absolute atomic E-state index is 0.0153. The number of nitrogens with one attached hydrogen (secondary N) is 4. The second-order valence-corrected chi connectivity index (χ2v) is 12.7. The molecule has 1 aromatic carbocycles. The zero-order chi connectivity index (χ0) is 32.2. The van der Waals surface area contributed by atoms with E-state index in [9.17, 15) is 24.0 Å². The summed E-state index contributed by atoms with van der Waals surface area (Å²) in [6.07, 6.45) is 2.92. The fraction of sp³-hybridized carbons (Fsp3) is 0.562. The molecule has 5 atom stereocenters. The number of carboxylic acid groups (broad SMARTS) is 1. The van der Waals surface area contributed by atoms with Gasteiger partial charge in [0.1, 0.15) is 11.7 Å². The second kappa shape index (κ2) is 17.0. The summed E-state index contributed by atoms with van der Waals surface area (Å²) in [5.74, 6) is -2.45. The molecule has 0 radical (unpaired) electrons. The lowest BCUT2D eigenvalue weighted by Gasteiger charge is -2.29. The Morgan fingerprint density at radius 3 is 2.41 bits per heavy atom. The van der Waals surface area contributed by atoms with Crippen LogP contribution in [0.2, 0.25) is 0 Å². The molecule has 3 amide bonds. The summed E-state index contributed by atoms with van der Waals surface area (Å²) in [5, 5.41) is 22.7. The first-order valence-corrected chi connectivity index (χ1v) is 16.3. The van der Waals surface area contributed by atoms with Gasteiger partial charge in [0.05, 0.1) is 6.04 Å². The third-order valence-electron chi connectivity index (χ3n) is 8.05. The molecule has 1 fully saturated rings. The number of carbonyl (C=O) groups excluding carboxylic acids is 4. The first-order chi connectivity index (χ1) is 21.0. The van der Waals surface area contributed by atoms with Crippen molar-refractivity contribution >= 4 is 40.8 Å². The van der Waals surface area contributed by atoms with E-state index in [1.165, 1.54) is 5.38 Å². The number of amides is 3. The van der Waals surface area contributed by atoms with Gasteiger partial charge in [-0.1, -0.05) is 64.4 Å². The Morgan fingerprint density at radius 2 is 1.80 bits per heavy atom. The number of thiazole rings is 1. The smallest absolute Gasteiger partial charge is 0.303 e. The number of carboxylic acids is 1. The van der Waals surface area contributed by atoms with Gasteiger partial charge in [-0.25, -0.2) is 4.98 Å². The van der Waals surface area contributed by atoms with Gasteiger partial charge < -0.3 is 26.4 Å². The van der Waals surface area contributed by atoms with E-state index in [2.05, 4.69) is 26.3 Å². The molecule has 1 saturated heterocycles. The summed E-state index contributed by atoms with van der Waals surface area (Å²) >= 11 is 1.05. The Labute approximate surface area is 263 Å². The highest BCUT2D eigenvalue weighted by Crippen LogP contribution is 2.18. The van der Waals surface area contributed by atoms with Gasteiger partial charge in [0, 0.05) is 30.3 Å². The molecule has 3 rings (SSSR count). The average molecular weight is 628 g/mol. The largest absolute Gasteiger partial charge is 0.481 e. The molecule has 1 aromatic heterocycles. The van der Waals surface area contributed by atoms with Crippen LogP contribution < -0.4 is 21.3 Å². The normalized spacial score (nSPS) is 17.3. The molecule has 0 aliphatic carbocycles. The lowest BCUT2D eigenvalue weighted by molar-refractivity contribution is -0.137. The Balaban J connectivity index is 1.64. The van der Waals surface area contributed by atoms with Crippen LogP contribution in [-0.2, 0) is 20.8 Å². The van der Waals surface area contributed by atoms with Crippen LogP contribution in [0, 0.1) is 11.8 Å². The van der Waals surface area contributed by atoms with Crippen molar-refractivity contribution < 1.29 is 29.1 Å². The van der Waals surface area contributed by atoms with E-state index in [4.69, 9.17) is 5.11 Å². The molecule has 0 spiro atoms. The van der Waals surface area contributed by atoms with Crippen LogP contribution in [0.5, 0.6) is 0 Å². The highest BCUT2D eigenvalue weighted by atomic mass is 32.1. The minimum atomic E-state index is -0.950. The highest BCUT2D eigenvalue weighted by molar-refractivity contribution is 7.11. The average Bonchev–Trinajstić information content (AvgIpc) is 3.71. The summed E-state index contributed by atoms with van der Waals surface area (Å²) in [7, 11) is 0. The molecule has 0 saturated carbocycles. The Kier molecular flexibility index (Phi) is 13.5. The van der Waals surface area contributed by atoms with Gasteiger partial charge >= 0.3 is 5.97 Å². The van der Waals surface area contributed by atoms with Crippen LogP contribution >= 0.6 is 11.3 Å². The summed E-state index contributed by atoms with van der Waals surface area (Å²) < 4.78 is 0. The summed E-state index contributed by atoms with van der Waals surface area (Å²) in [5.41, 5.74) is 1.04. The quantitative estimate of drug-likeness (QED) is 0.167.